The zero-order chi connectivity index (χ0) is 15.5. The molecule has 0 amide bonds. The van der Waals surface area contributed by atoms with Gasteiger partial charge < -0.3 is 0 Å². The van der Waals surface area contributed by atoms with E-state index in [1.54, 1.807) is 0 Å². The molecule has 0 saturated heterocycles. The van der Waals surface area contributed by atoms with Crippen molar-refractivity contribution >= 4 is 37.3 Å². The molecule has 0 saturated carbocycles. The highest BCUT2D eigenvalue weighted by atomic mass is 32.1. The topological polar surface area (TPSA) is 0 Å². The van der Waals surface area contributed by atoms with Crippen LogP contribution in [0.3, 0.4) is 0 Å². The Morgan fingerprint density at radius 2 is 0.739 bits per heavy atom. The van der Waals surface area contributed by atoms with E-state index in [4.69, 9.17) is 0 Å². The van der Waals surface area contributed by atoms with Crippen molar-refractivity contribution in [2.75, 3.05) is 0 Å². The predicted octanol–water partition coefficient (Wildman–Crippen LogP) is 4.48. The summed E-state index contributed by atoms with van der Waals surface area (Å²) < 4.78 is 0. The quantitative estimate of drug-likeness (QED) is 0.618. The summed E-state index contributed by atoms with van der Waals surface area (Å²) in [5.74, 6) is 0. The van der Waals surface area contributed by atoms with Crippen LogP contribution in [-0.4, -0.2) is 0 Å². The number of hydrogen-bond acceptors (Lipinski definition) is 0. The molecular formula is C21H23PS. The first-order valence-corrected chi connectivity index (χ1v) is 8.99. The molecule has 0 bridgehead atoms. The van der Waals surface area contributed by atoms with Gasteiger partial charge in [0.25, 0.3) is 0 Å². The fourth-order valence-corrected chi connectivity index (χ4v) is 5.60. The summed E-state index contributed by atoms with van der Waals surface area (Å²) in [6.07, 6.45) is 0. The molecule has 3 rings (SSSR count). The van der Waals surface area contributed by atoms with Crippen LogP contribution in [0.25, 0.3) is 0 Å². The largest absolute Gasteiger partial charge is 0.197 e. The maximum absolute atomic E-state index is 2.29. The Kier molecular flexibility index (Phi) is 6.04. The molecule has 3 aromatic rings. The predicted molar refractivity (Wildman–Crippen MR) is 110 cm³/mol. The fourth-order valence-electron chi connectivity index (χ4n) is 2.83. The molecule has 0 aliphatic heterocycles. The lowest BCUT2D eigenvalue weighted by molar-refractivity contribution is 1.49. The van der Waals surface area contributed by atoms with Crippen molar-refractivity contribution in [2.24, 2.45) is 0 Å². The molecule has 0 heterocycles. The van der Waals surface area contributed by atoms with Gasteiger partial charge in [-0.3, -0.25) is 0 Å². The van der Waals surface area contributed by atoms with Gasteiger partial charge >= 0.3 is 0 Å². The third kappa shape index (κ3) is 3.68. The molecule has 2 heteroatoms. The van der Waals surface area contributed by atoms with E-state index in [2.05, 4.69) is 93.6 Å². The minimum absolute atomic E-state index is 0. The van der Waals surface area contributed by atoms with Gasteiger partial charge in [-0.2, -0.15) is 13.5 Å². The van der Waals surface area contributed by atoms with Crippen LogP contribution >= 0.6 is 21.4 Å². The Bertz CT molecular complexity index is 687. The molecule has 0 radical (unpaired) electrons. The van der Waals surface area contributed by atoms with Crippen molar-refractivity contribution in [3.63, 3.8) is 0 Å². The zero-order valence-corrected chi connectivity index (χ0v) is 15.8. The highest BCUT2D eigenvalue weighted by molar-refractivity contribution is 7.80. The van der Waals surface area contributed by atoms with Crippen molar-refractivity contribution in [1.82, 2.24) is 0 Å². The average molecular weight is 338 g/mol. The Balaban J connectivity index is 0.00000192. The third-order valence-electron chi connectivity index (χ3n) is 4.07. The molecular weight excluding hydrogens is 315 g/mol. The van der Waals surface area contributed by atoms with E-state index in [-0.39, 0.29) is 13.5 Å². The van der Waals surface area contributed by atoms with Gasteiger partial charge in [0, 0.05) is 0 Å². The third-order valence-corrected chi connectivity index (χ3v) is 7.02. The molecule has 0 spiro atoms. The molecule has 0 aromatic heterocycles. The van der Waals surface area contributed by atoms with Gasteiger partial charge in [-0.15, -0.1) is 0 Å². The van der Waals surface area contributed by atoms with Gasteiger partial charge in [0.05, 0.1) is 0 Å². The lowest BCUT2D eigenvalue weighted by Crippen LogP contribution is -2.25. The van der Waals surface area contributed by atoms with Gasteiger partial charge in [0.1, 0.15) is 0 Å². The first-order chi connectivity index (χ1) is 10.7. The van der Waals surface area contributed by atoms with Crippen molar-refractivity contribution in [1.29, 1.82) is 0 Å². The normalized spacial score (nSPS) is 10.4. The van der Waals surface area contributed by atoms with Crippen LogP contribution in [0.4, 0.5) is 0 Å². The SMILES string of the molecule is Cc1ccccc1P(c1ccccc1C)c1ccccc1C.S. The highest BCUT2D eigenvalue weighted by Gasteiger charge is 2.20. The second kappa shape index (κ2) is 7.81. The number of hydrogen-bond donors (Lipinski definition) is 0. The molecule has 0 nitrogen and oxygen atoms in total. The molecule has 3 aromatic carbocycles. The molecule has 0 fully saturated rings. The van der Waals surface area contributed by atoms with E-state index in [0.717, 1.165) is 0 Å². The molecule has 23 heavy (non-hydrogen) atoms. The van der Waals surface area contributed by atoms with Crippen LogP contribution in [0.1, 0.15) is 16.7 Å². The summed E-state index contributed by atoms with van der Waals surface area (Å²) >= 11 is 0. The van der Waals surface area contributed by atoms with E-state index in [1.807, 2.05) is 0 Å². The first kappa shape index (κ1) is 17.8. The summed E-state index contributed by atoms with van der Waals surface area (Å²) in [5.41, 5.74) is 4.13. The Hall–Kier alpha value is -1.56. The number of rotatable bonds is 3. The molecule has 0 aliphatic rings. The van der Waals surface area contributed by atoms with Crippen molar-refractivity contribution in [3.8, 4) is 0 Å². The van der Waals surface area contributed by atoms with Crippen molar-refractivity contribution < 1.29 is 0 Å². The van der Waals surface area contributed by atoms with E-state index in [1.165, 1.54) is 32.6 Å². The number of aryl methyl sites for hydroxylation is 3. The molecule has 0 unspecified atom stereocenters. The summed E-state index contributed by atoms with van der Waals surface area (Å²) in [6, 6.07) is 26.4. The second-order valence-corrected chi connectivity index (χ2v) is 7.81. The molecule has 118 valence electrons. The maximum Gasteiger partial charge on any atom is -0.0122 e. The summed E-state index contributed by atoms with van der Waals surface area (Å²) in [7, 11) is -0.508. The van der Waals surface area contributed by atoms with Crippen LogP contribution in [0.5, 0.6) is 0 Å². The average Bonchev–Trinajstić information content (AvgIpc) is 2.53. The van der Waals surface area contributed by atoms with Gasteiger partial charge in [-0.05, 0) is 61.3 Å². The zero-order valence-electron chi connectivity index (χ0n) is 13.9. The summed E-state index contributed by atoms with van der Waals surface area (Å²) in [4.78, 5) is 0. The van der Waals surface area contributed by atoms with Gasteiger partial charge in [-0.1, -0.05) is 72.8 Å². The van der Waals surface area contributed by atoms with Crippen LogP contribution in [0, 0.1) is 20.8 Å². The fraction of sp³-hybridized carbons (Fsp3) is 0.143. The molecule has 0 atom stereocenters. The van der Waals surface area contributed by atoms with Crippen LogP contribution < -0.4 is 15.9 Å². The standard InChI is InChI=1S/C21H21P.H2S/c1-16-10-4-7-13-19(16)22(20-14-8-5-11-17(20)2)21-15-9-6-12-18(21)3;/h4-15H,1-3H3;1H2. The lowest BCUT2D eigenvalue weighted by atomic mass is 10.2. The maximum atomic E-state index is 2.29. The minimum atomic E-state index is -0.508. The molecule has 0 N–H and O–H groups in total. The van der Waals surface area contributed by atoms with E-state index in [0.29, 0.717) is 0 Å². The smallest absolute Gasteiger partial charge is 0.0122 e. The van der Waals surface area contributed by atoms with Gasteiger partial charge in [0.15, 0.2) is 0 Å². The van der Waals surface area contributed by atoms with Crippen LogP contribution in [-0.2, 0) is 0 Å². The lowest BCUT2D eigenvalue weighted by Gasteiger charge is -2.24. The van der Waals surface area contributed by atoms with E-state index >= 15 is 0 Å². The minimum Gasteiger partial charge on any atom is -0.197 e. The summed E-state index contributed by atoms with van der Waals surface area (Å²) in [5, 5.41) is 4.38. The summed E-state index contributed by atoms with van der Waals surface area (Å²) in [6.45, 7) is 6.67. The Labute approximate surface area is 147 Å². The van der Waals surface area contributed by atoms with Crippen LogP contribution in [0.2, 0.25) is 0 Å². The van der Waals surface area contributed by atoms with Gasteiger partial charge in [-0.25, -0.2) is 0 Å². The van der Waals surface area contributed by atoms with Crippen molar-refractivity contribution in [3.05, 3.63) is 89.5 Å². The van der Waals surface area contributed by atoms with E-state index in [9.17, 15) is 0 Å². The molecule has 0 aliphatic carbocycles. The monoisotopic (exact) mass is 338 g/mol. The highest BCUT2D eigenvalue weighted by Crippen LogP contribution is 2.36. The first-order valence-electron chi connectivity index (χ1n) is 7.65. The second-order valence-electron chi connectivity index (χ2n) is 5.69. The van der Waals surface area contributed by atoms with E-state index < -0.39 is 7.92 Å². The number of benzene rings is 3. The Morgan fingerprint density at radius 1 is 0.478 bits per heavy atom. The van der Waals surface area contributed by atoms with Crippen molar-refractivity contribution in [2.45, 2.75) is 20.8 Å². The van der Waals surface area contributed by atoms with Gasteiger partial charge in [0.2, 0.25) is 0 Å². The Morgan fingerprint density at radius 3 is 1.00 bits per heavy atom. The van der Waals surface area contributed by atoms with Crippen LogP contribution in [0.15, 0.2) is 72.8 Å².